The quantitative estimate of drug-likeness (QED) is 0.397. The van der Waals surface area contributed by atoms with Gasteiger partial charge in [0.15, 0.2) is 0 Å². The van der Waals surface area contributed by atoms with Crippen molar-refractivity contribution >= 4 is 74.2 Å². The summed E-state index contributed by atoms with van der Waals surface area (Å²) < 4.78 is 28.1. The summed E-state index contributed by atoms with van der Waals surface area (Å²) in [5.74, 6) is -0.665. The zero-order valence-electron chi connectivity index (χ0n) is 20.9. The first kappa shape index (κ1) is 29.3. The van der Waals surface area contributed by atoms with Gasteiger partial charge in [-0.1, -0.05) is 29.3 Å². The minimum Gasteiger partial charge on any atom is -0.336 e. The molecular formula is C25H29Cl2N5O5S2. The van der Waals surface area contributed by atoms with Gasteiger partial charge in [-0.3, -0.25) is 9.59 Å². The number of likely N-dealkylation sites (tertiary alicyclic amines) is 2. The van der Waals surface area contributed by atoms with Crippen LogP contribution >= 0.6 is 34.5 Å². The van der Waals surface area contributed by atoms with Crippen LogP contribution in [0.1, 0.15) is 30.6 Å². The minimum atomic E-state index is -3.88. The number of carbonyl (C=O) groups is 3. The average molecular weight is 615 g/mol. The summed E-state index contributed by atoms with van der Waals surface area (Å²) in [5.41, 5.74) is 0.555. The zero-order chi connectivity index (χ0) is 28.0. The van der Waals surface area contributed by atoms with Crippen LogP contribution in [-0.2, 0) is 19.6 Å². The summed E-state index contributed by atoms with van der Waals surface area (Å²) in [6.07, 6.45) is 3.84. The van der Waals surface area contributed by atoms with Crippen molar-refractivity contribution in [2.24, 2.45) is 0 Å². The molecule has 3 heterocycles. The molecule has 3 N–H and O–H groups in total. The number of urea groups is 1. The predicted molar refractivity (Wildman–Crippen MR) is 153 cm³/mol. The summed E-state index contributed by atoms with van der Waals surface area (Å²) in [7, 11) is -3.88. The lowest BCUT2D eigenvalue weighted by atomic mass is 10.1. The van der Waals surface area contributed by atoms with Gasteiger partial charge in [0.05, 0.1) is 10.9 Å². The normalized spacial score (nSPS) is 20.0. The molecule has 2 aliphatic heterocycles. The van der Waals surface area contributed by atoms with E-state index in [2.05, 4.69) is 15.4 Å². The SMILES string of the molecule is O=C(NC[C@@H]1CCCN1C(=O)CN1CCC[C@H](NS(=O)(=O)/C=C/c2ccc(Cl)s2)C1=O)Nc1cccc(Cl)c1. The molecule has 4 amide bonds. The molecule has 2 atom stereocenters. The molecule has 2 saturated heterocycles. The maximum Gasteiger partial charge on any atom is 0.319 e. The third kappa shape index (κ3) is 8.42. The average Bonchev–Trinajstić information content (AvgIpc) is 3.53. The van der Waals surface area contributed by atoms with Crippen molar-refractivity contribution in [3.8, 4) is 0 Å². The first-order valence-electron chi connectivity index (χ1n) is 12.4. The molecule has 0 radical (unpaired) electrons. The van der Waals surface area contributed by atoms with Gasteiger partial charge in [-0.2, -0.15) is 4.72 Å². The van der Waals surface area contributed by atoms with E-state index in [0.29, 0.717) is 45.9 Å². The number of thiophene rings is 1. The van der Waals surface area contributed by atoms with Gasteiger partial charge < -0.3 is 20.4 Å². The van der Waals surface area contributed by atoms with Crippen molar-refractivity contribution < 1.29 is 22.8 Å². The number of anilines is 1. The van der Waals surface area contributed by atoms with E-state index in [9.17, 15) is 22.8 Å². The Morgan fingerprint density at radius 1 is 1.10 bits per heavy atom. The number of hydrogen-bond acceptors (Lipinski definition) is 6. The first-order chi connectivity index (χ1) is 18.6. The molecular weight excluding hydrogens is 585 g/mol. The van der Waals surface area contributed by atoms with Crippen LogP contribution in [0, 0.1) is 0 Å². The molecule has 10 nitrogen and oxygen atoms in total. The highest BCUT2D eigenvalue weighted by Gasteiger charge is 2.35. The standard InChI is InChI=1S/C25H29Cl2N5O5S2/c26-17-4-1-5-18(14-17)29-25(35)28-15-19-6-2-12-32(19)23(33)16-31-11-3-7-21(24(31)34)30-39(36,37)13-10-20-8-9-22(27)38-20/h1,4-5,8-10,13-14,19,21,30H,2-3,6-7,11-12,15-16H2,(H2,28,29,35)/b13-10+/t19-,21-/m0/s1. The topological polar surface area (TPSA) is 128 Å². The minimum absolute atomic E-state index is 0.147. The van der Waals surface area contributed by atoms with Crippen LogP contribution < -0.4 is 15.4 Å². The number of piperidine rings is 1. The third-order valence-electron chi connectivity index (χ3n) is 6.45. The lowest BCUT2D eigenvalue weighted by Gasteiger charge is -2.34. The van der Waals surface area contributed by atoms with E-state index in [1.807, 2.05) is 0 Å². The number of benzene rings is 1. The van der Waals surface area contributed by atoms with Gasteiger partial charge in [0.1, 0.15) is 6.04 Å². The van der Waals surface area contributed by atoms with Crippen LogP contribution in [0.2, 0.25) is 9.36 Å². The lowest BCUT2D eigenvalue weighted by Crippen LogP contribution is -2.55. The molecule has 0 saturated carbocycles. The highest BCUT2D eigenvalue weighted by molar-refractivity contribution is 7.92. The van der Waals surface area contributed by atoms with Gasteiger partial charge in [-0.25, -0.2) is 13.2 Å². The molecule has 0 aliphatic carbocycles. The fourth-order valence-electron chi connectivity index (χ4n) is 4.60. The number of hydrogen-bond donors (Lipinski definition) is 3. The van der Waals surface area contributed by atoms with Crippen molar-refractivity contribution in [1.82, 2.24) is 19.8 Å². The molecule has 0 unspecified atom stereocenters. The maximum absolute atomic E-state index is 13.1. The van der Waals surface area contributed by atoms with E-state index in [4.69, 9.17) is 23.2 Å². The fourth-order valence-corrected chi connectivity index (χ4v) is 6.86. The van der Waals surface area contributed by atoms with E-state index in [0.717, 1.165) is 18.2 Å². The van der Waals surface area contributed by atoms with Crippen LogP contribution in [0.3, 0.4) is 0 Å². The second-order valence-corrected chi connectivity index (χ2v) is 13.1. The molecule has 210 valence electrons. The van der Waals surface area contributed by atoms with E-state index in [-0.39, 0.29) is 25.0 Å². The van der Waals surface area contributed by atoms with Crippen molar-refractivity contribution in [2.75, 3.05) is 31.5 Å². The number of amides is 4. The zero-order valence-corrected chi connectivity index (χ0v) is 24.1. The van der Waals surface area contributed by atoms with E-state index in [1.54, 1.807) is 41.3 Å². The van der Waals surface area contributed by atoms with Crippen molar-refractivity contribution in [3.05, 3.63) is 56.0 Å². The monoisotopic (exact) mass is 613 g/mol. The Kier molecular flexibility index (Phi) is 9.89. The Morgan fingerprint density at radius 3 is 2.64 bits per heavy atom. The predicted octanol–water partition coefficient (Wildman–Crippen LogP) is 3.75. The van der Waals surface area contributed by atoms with Crippen LogP contribution in [-0.4, -0.2) is 74.3 Å². The molecule has 0 spiro atoms. The van der Waals surface area contributed by atoms with Crippen LogP contribution in [0.25, 0.3) is 6.08 Å². The number of nitrogens with zero attached hydrogens (tertiary/aromatic N) is 2. The van der Waals surface area contributed by atoms with Gasteiger partial charge in [-0.15, -0.1) is 11.3 Å². The largest absolute Gasteiger partial charge is 0.336 e. The van der Waals surface area contributed by atoms with Gasteiger partial charge in [0.2, 0.25) is 21.8 Å². The Hall–Kier alpha value is -2.64. The van der Waals surface area contributed by atoms with Crippen LogP contribution in [0.15, 0.2) is 41.8 Å². The smallest absolute Gasteiger partial charge is 0.319 e. The molecule has 1 aromatic carbocycles. The van der Waals surface area contributed by atoms with Crippen LogP contribution in [0.5, 0.6) is 0 Å². The van der Waals surface area contributed by atoms with Gasteiger partial charge in [0.25, 0.3) is 0 Å². The lowest BCUT2D eigenvalue weighted by molar-refractivity contribution is -0.143. The molecule has 2 aliphatic rings. The number of carbonyl (C=O) groups excluding carboxylic acids is 3. The Balaban J connectivity index is 1.28. The Labute approximate surface area is 241 Å². The van der Waals surface area contributed by atoms with Crippen molar-refractivity contribution in [2.45, 2.75) is 37.8 Å². The highest BCUT2D eigenvalue weighted by Crippen LogP contribution is 2.23. The van der Waals surface area contributed by atoms with Crippen molar-refractivity contribution in [1.29, 1.82) is 0 Å². The number of sulfonamides is 1. The Morgan fingerprint density at radius 2 is 1.90 bits per heavy atom. The number of halogens is 2. The number of nitrogens with one attached hydrogen (secondary N) is 3. The third-order valence-corrected chi connectivity index (χ3v) is 8.99. The molecule has 4 rings (SSSR count). The van der Waals surface area contributed by atoms with Crippen molar-refractivity contribution in [3.63, 3.8) is 0 Å². The second kappa shape index (κ2) is 13.1. The second-order valence-electron chi connectivity index (χ2n) is 9.29. The Bertz CT molecular complexity index is 1350. The molecule has 14 heteroatoms. The fraction of sp³-hybridized carbons (Fsp3) is 0.400. The van der Waals surface area contributed by atoms with Gasteiger partial charge >= 0.3 is 6.03 Å². The number of rotatable bonds is 9. The van der Waals surface area contributed by atoms with E-state index < -0.39 is 28.0 Å². The summed E-state index contributed by atoms with van der Waals surface area (Å²) in [6.45, 7) is 1.00. The summed E-state index contributed by atoms with van der Waals surface area (Å²) in [4.78, 5) is 42.2. The molecule has 0 bridgehead atoms. The van der Waals surface area contributed by atoms with Gasteiger partial charge in [-0.05, 0) is 62.1 Å². The molecule has 1 aromatic heterocycles. The van der Waals surface area contributed by atoms with E-state index in [1.165, 1.54) is 22.3 Å². The molecule has 2 aromatic rings. The van der Waals surface area contributed by atoms with Gasteiger partial charge in [0, 0.05) is 46.7 Å². The molecule has 39 heavy (non-hydrogen) atoms. The summed E-state index contributed by atoms with van der Waals surface area (Å²) in [6, 6.07) is 8.60. The summed E-state index contributed by atoms with van der Waals surface area (Å²) >= 11 is 13.1. The summed E-state index contributed by atoms with van der Waals surface area (Å²) in [5, 5.41) is 7.01. The first-order valence-corrected chi connectivity index (χ1v) is 15.6. The van der Waals surface area contributed by atoms with E-state index >= 15 is 0 Å². The maximum atomic E-state index is 13.1. The highest BCUT2D eigenvalue weighted by atomic mass is 35.5. The van der Waals surface area contributed by atoms with Crippen LogP contribution in [0.4, 0.5) is 10.5 Å². The molecule has 2 fully saturated rings.